The maximum atomic E-state index is 13.2. The Morgan fingerprint density at radius 1 is 0.875 bits per heavy atom. The predicted molar refractivity (Wildman–Crippen MR) is 124 cm³/mol. The van der Waals surface area contributed by atoms with E-state index in [0.29, 0.717) is 6.54 Å². The summed E-state index contributed by atoms with van der Waals surface area (Å²) >= 11 is 11.9. The molecular formula is C21H18Cl2N2O5S2. The van der Waals surface area contributed by atoms with Crippen LogP contribution in [0, 0.1) is 0 Å². The van der Waals surface area contributed by atoms with Gasteiger partial charge in [0.1, 0.15) is 4.90 Å². The van der Waals surface area contributed by atoms with Crippen molar-refractivity contribution in [3.63, 3.8) is 0 Å². The van der Waals surface area contributed by atoms with Crippen LogP contribution >= 0.6 is 23.2 Å². The van der Waals surface area contributed by atoms with E-state index in [4.69, 9.17) is 23.2 Å². The third-order valence-electron chi connectivity index (χ3n) is 4.35. The zero-order chi connectivity index (χ0) is 23.5. The molecule has 0 aromatic heterocycles. The second-order valence-electron chi connectivity index (χ2n) is 6.57. The molecule has 0 aliphatic rings. The van der Waals surface area contributed by atoms with Crippen molar-refractivity contribution in [3.8, 4) is 0 Å². The van der Waals surface area contributed by atoms with Crippen molar-refractivity contribution in [1.82, 2.24) is 5.32 Å². The number of rotatable bonds is 7. The van der Waals surface area contributed by atoms with Crippen LogP contribution in [0.5, 0.6) is 0 Å². The standard InChI is InChI=1S/C21H18Cl2N2O5S2/c1-2-24-21(26)14-8-10-20(31(27,28)16-6-4-3-5-7-16)18(12-14)25-32(29,30)19-11-9-15(22)13-17(19)23/h3-13,25H,2H2,1H3,(H,24,26). The number of carbonyl (C=O) groups excluding carboxylic acids is 1. The number of anilines is 1. The lowest BCUT2D eigenvalue weighted by Crippen LogP contribution is -2.23. The maximum Gasteiger partial charge on any atom is 0.263 e. The van der Waals surface area contributed by atoms with E-state index in [2.05, 4.69) is 10.0 Å². The van der Waals surface area contributed by atoms with E-state index < -0.39 is 25.8 Å². The minimum atomic E-state index is -4.32. The molecule has 32 heavy (non-hydrogen) atoms. The number of sulfone groups is 1. The van der Waals surface area contributed by atoms with Crippen LogP contribution in [-0.4, -0.2) is 29.3 Å². The van der Waals surface area contributed by atoms with Crippen LogP contribution in [0.2, 0.25) is 10.0 Å². The lowest BCUT2D eigenvalue weighted by atomic mass is 10.2. The molecule has 3 aromatic carbocycles. The van der Waals surface area contributed by atoms with E-state index in [1.807, 2.05) is 0 Å². The van der Waals surface area contributed by atoms with Gasteiger partial charge in [0, 0.05) is 17.1 Å². The summed E-state index contributed by atoms with van der Waals surface area (Å²) in [5.74, 6) is -0.485. The Hall–Kier alpha value is -2.59. The fourth-order valence-corrected chi connectivity index (χ4v) is 6.19. The topological polar surface area (TPSA) is 109 Å². The van der Waals surface area contributed by atoms with Gasteiger partial charge in [-0.05, 0) is 55.5 Å². The number of nitrogens with one attached hydrogen (secondary N) is 2. The summed E-state index contributed by atoms with van der Waals surface area (Å²) < 4.78 is 54.7. The van der Waals surface area contributed by atoms with Crippen LogP contribution in [-0.2, 0) is 19.9 Å². The first kappa shape index (κ1) is 24.1. The van der Waals surface area contributed by atoms with Crippen LogP contribution in [0.25, 0.3) is 0 Å². The van der Waals surface area contributed by atoms with Gasteiger partial charge in [0.05, 0.1) is 20.5 Å². The molecule has 7 nitrogen and oxygen atoms in total. The number of benzene rings is 3. The monoisotopic (exact) mass is 512 g/mol. The van der Waals surface area contributed by atoms with Gasteiger partial charge in [0.25, 0.3) is 15.9 Å². The van der Waals surface area contributed by atoms with E-state index in [-0.39, 0.29) is 36.0 Å². The first-order chi connectivity index (χ1) is 15.1. The Morgan fingerprint density at radius 2 is 1.53 bits per heavy atom. The fraction of sp³-hybridized carbons (Fsp3) is 0.0952. The summed E-state index contributed by atoms with van der Waals surface area (Å²) in [5.41, 5.74) is -0.206. The van der Waals surface area contributed by atoms with Gasteiger partial charge in [0.15, 0.2) is 0 Å². The number of amides is 1. The van der Waals surface area contributed by atoms with Crippen LogP contribution < -0.4 is 10.0 Å². The lowest BCUT2D eigenvalue weighted by Gasteiger charge is -2.15. The number of hydrogen-bond donors (Lipinski definition) is 2. The summed E-state index contributed by atoms with van der Waals surface area (Å²) in [7, 11) is -8.43. The van der Waals surface area contributed by atoms with Crippen molar-refractivity contribution in [2.75, 3.05) is 11.3 Å². The summed E-state index contributed by atoms with van der Waals surface area (Å²) in [5, 5.41) is 2.68. The Morgan fingerprint density at radius 3 is 2.16 bits per heavy atom. The quantitative estimate of drug-likeness (QED) is 0.488. The average Bonchev–Trinajstić information content (AvgIpc) is 2.73. The highest BCUT2D eigenvalue weighted by atomic mass is 35.5. The number of carbonyl (C=O) groups is 1. The zero-order valence-electron chi connectivity index (χ0n) is 16.7. The second-order valence-corrected chi connectivity index (χ2v) is 11.0. The maximum absolute atomic E-state index is 13.2. The molecule has 0 fully saturated rings. The van der Waals surface area contributed by atoms with E-state index >= 15 is 0 Å². The highest BCUT2D eigenvalue weighted by Gasteiger charge is 2.26. The molecule has 1 amide bonds. The summed E-state index contributed by atoms with van der Waals surface area (Å²) in [6.07, 6.45) is 0. The van der Waals surface area contributed by atoms with Crippen molar-refractivity contribution >= 4 is 54.7 Å². The first-order valence-electron chi connectivity index (χ1n) is 9.26. The normalized spacial score (nSPS) is 11.7. The molecule has 0 unspecified atom stereocenters. The van der Waals surface area contributed by atoms with Crippen molar-refractivity contribution in [2.45, 2.75) is 21.6 Å². The summed E-state index contributed by atoms with van der Waals surface area (Å²) in [4.78, 5) is 11.6. The lowest BCUT2D eigenvalue weighted by molar-refractivity contribution is 0.0955. The smallest absolute Gasteiger partial charge is 0.263 e. The molecule has 0 aliphatic heterocycles. The largest absolute Gasteiger partial charge is 0.352 e. The van der Waals surface area contributed by atoms with Gasteiger partial charge < -0.3 is 5.32 Å². The molecule has 0 heterocycles. The molecule has 2 N–H and O–H groups in total. The minimum Gasteiger partial charge on any atom is -0.352 e. The van der Waals surface area contributed by atoms with Gasteiger partial charge in [-0.15, -0.1) is 0 Å². The Kier molecular flexibility index (Phi) is 7.14. The van der Waals surface area contributed by atoms with Crippen LogP contribution in [0.1, 0.15) is 17.3 Å². The molecule has 3 rings (SSSR count). The zero-order valence-corrected chi connectivity index (χ0v) is 19.8. The van der Waals surface area contributed by atoms with E-state index in [9.17, 15) is 21.6 Å². The van der Waals surface area contributed by atoms with E-state index in [1.54, 1.807) is 25.1 Å². The number of sulfonamides is 1. The van der Waals surface area contributed by atoms with Crippen molar-refractivity contribution < 1.29 is 21.6 Å². The molecule has 0 aliphatic carbocycles. The average molecular weight is 513 g/mol. The first-order valence-corrected chi connectivity index (χ1v) is 13.0. The van der Waals surface area contributed by atoms with Crippen molar-refractivity contribution in [1.29, 1.82) is 0 Å². The molecule has 11 heteroatoms. The summed E-state index contributed by atoms with van der Waals surface area (Å²) in [6.45, 7) is 2.06. The molecule has 0 atom stereocenters. The van der Waals surface area contributed by atoms with Gasteiger partial charge in [-0.2, -0.15) is 0 Å². The Bertz CT molecular complexity index is 1380. The highest BCUT2D eigenvalue weighted by molar-refractivity contribution is 7.93. The molecule has 3 aromatic rings. The van der Waals surface area contributed by atoms with E-state index in [1.165, 1.54) is 48.5 Å². The molecule has 0 bridgehead atoms. The molecule has 0 spiro atoms. The van der Waals surface area contributed by atoms with Gasteiger partial charge in [-0.1, -0.05) is 41.4 Å². The van der Waals surface area contributed by atoms with Crippen LogP contribution in [0.4, 0.5) is 5.69 Å². The number of hydrogen-bond acceptors (Lipinski definition) is 5. The Labute approximate surface area is 196 Å². The molecule has 0 saturated heterocycles. The third-order valence-corrected chi connectivity index (χ3v) is 8.26. The summed E-state index contributed by atoms with van der Waals surface area (Å²) in [6, 6.07) is 15.0. The van der Waals surface area contributed by atoms with E-state index in [0.717, 1.165) is 0 Å². The van der Waals surface area contributed by atoms with Gasteiger partial charge >= 0.3 is 0 Å². The molecule has 0 saturated carbocycles. The van der Waals surface area contributed by atoms with Crippen molar-refractivity contribution in [3.05, 3.63) is 82.3 Å². The van der Waals surface area contributed by atoms with Gasteiger partial charge in [-0.3, -0.25) is 9.52 Å². The van der Waals surface area contributed by atoms with Gasteiger partial charge in [0.2, 0.25) is 9.84 Å². The molecular weight excluding hydrogens is 495 g/mol. The van der Waals surface area contributed by atoms with Crippen LogP contribution in [0.3, 0.4) is 0 Å². The Balaban J connectivity index is 2.17. The number of halogens is 2. The highest BCUT2D eigenvalue weighted by Crippen LogP contribution is 2.32. The van der Waals surface area contributed by atoms with Crippen molar-refractivity contribution in [2.24, 2.45) is 0 Å². The fourth-order valence-electron chi connectivity index (χ4n) is 2.87. The SMILES string of the molecule is CCNC(=O)c1ccc(S(=O)(=O)c2ccccc2)c(NS(=O)(=O)c2ccc(Cl)cc2Cl)c1. The predicted octanol–water partition coefficient (Wildman–Crippen LogP) is 4.38. The second kappa shape index (κ2) is 9.50. The third kappa shape index (κ3) is 5.07. The molecule has 0 radical (unpaired) electrons. The minimum absolute atomic E-state index is 0.0317. The molecule has 168 valence electrons. The van der Waals surface area contributed by atoms with Gasteiger partial charge in [-0.25, -0.2) is 16.8 Å². The van der Waals surface area contributed by atoms with Crippen LogP contribution in [0.15, 0.2) is 81.4 Å².